The van der Waals surface area contributed by atoms with Gasteiger partial charge in [0.25, 0.3) is 5.78 Å². The van der Waals surface area contributed by atoms with E-state index in [0.717, 1.165) is 10.7 Å². The quantitative estimate of drug-likeness (QED) is 0.617. The lowest BCUT2D eigenvalue weighted by atomic mass is 10.4. The molecule has 0 aliphatic carbocycles. The maximum atomic E-state index is 4.13. The van der Waals surface area contributed by atoms with Gasteiger partial charge < -0.3 is 0 Å². The summed E-state index contributed by atoms with van der Waals surface area (Å²) in [6.07, 6.45) is 5.74. The molecule has 2 rings (SSSR count). The van der Waals surface area contributed by atoms with Crippen LogP contribution >= 0.6 is 11.8 Å². The highest BCUT2D eigenvalue weighted by molar-refractivity contribution is 7.98. The molecule has 0 aliphatic rings. The van der Waals surface area contributed by atoms with Crippen LogP contribution in [0.3, 0.4) is 0 Å². The second kappa shape index (κ2) is 2.75. The summed E-state index contributed by atoms with van der Waals surface area (Å²) in [6.45, 7) is 2.00. The summed E-state index contributed by atoms with van der Waals surface area (Å²) in [5.41, 5.74) is 1.11. The summed E-state index contributed by atoms with van der Waals surface area (Å²) < 4.78 is 1.89. The van der Waals surface area contributed by atoms with E-state index in [9.17, 15) is 0 Å². The molecule has 0 aliphatic heterocycles. The number of rotatable bonds is 1. The summed E-state index contributed by atoms with van der Waals surface area (Å²) in [4.78, 5) is 4.13. The van der Waals surface area contributed by atoms with Gasteiger partial charge in [-0.25, -0.2) is 4.98 Å². The zero-order chi connectivity index (χ0) is 8.55. The lowest BCUT2D eigenvalue weighted by Crippen LogP contribution is -1.90. The number of hydrogen-bond acceptors (Lipinski definition) is 4. The van der Waals surface area contributed by atoms with Crippen molar-refractivity contribution in [1.82, 2.24) is 19.6 Å². The molecule has 2 aromatic rings. The monoisotopic (exact) mass is 180 g/mol. The number of fused-ring (bicyclic) bond motifs is 1. The minimum atomic E-state index is 0.657. The van der Waals surface area contributed by atoms with Gasteiger partial charge in [-0.15, -0.1) is 10.2 Å². The van der Waals surface area contributed by atoms with E-state index in [1.807, 2.05) is 23.8 Å². The van der Waals surface area contributed by atoms with Crippen LogP contribution in [-0.2, 0) is 0 Å². The average Bonchev–Trinajstić information content (AvgIpc) is 2.46. The third-order valence-corrected chi connectivity index (χ3v) is 2.19. The Morgan fingerprint density at radius 1 is 1.42 bits per heavy atom. The van der Waals surface area contributed by atoms with Crippen molar-refractivity contribution in [2.45, 2.75) is 12.1 Å². The Balaban J connectivity index is 2.75. The van der Waals surface area contributed by atoms with Gasteiger partial charge >= 0.3 is 0 Å². The first-order valence-electron chi connectivity index (χ1n) is 3.52. The van der Waals surface area contributed by atoms with Crippen LogP contribution in [0.25, 0.3) is 5.78 Å². The minimum absolute atomic E-state index is 0.657. The topological polar surface area (TPSA) is 43.1 Å². The van der Waals surface area contributed by atoms with Crippen LogP contribution in [0.15, 0.2) is 17.6 Å². The van der Waals surface area contributed by atoms with E-state index in [0.29, 0.717) is 5.78 Å². The van der Waals surface area contributed by atoms with Crippen molar-refractivity contribution in [2.24, 2.45) is 0 Å². The molecule has 0 bridgehead atoms. The standard InChI is InChI=1S/C7H8N4S/c1-5-3-8-6-9-10-7(12-2)11(6)4-5/h3-4H,1-2H3. The van der Waals surface area contributed by atoms with Crippen molar-refractivity contribution in [3.05, 3.63) is 18.0 Å². The molecule has 2 heterocycles. The van der Waals surface area contributed by atoms with Crippen molar-refractivity contribution >= 4 is 17.5 Å². The number of aromatic nitrogens is 4. The summed E-state index contributed by atoms with van der Waals surface area (Å²) in [5.74, 6) is 0.657. The second-order valence-corrected chi connectivity index (χ2v) is 3.26. The van der Waals surface area contributed by atoms with Crippen LogP contribution in [0.2, 0.25) is 0 Å². The summed E-state index contributed by atoms with van der Waals surface area (Å²) >= 11 is 1.56. The largest absolute Gasteiger partial charge is 0.261 e. The van der Waals surface area contributed by atoms with E-state index >= 15 is 0 Å². The number of thioether (sulfide) groups is 1. The molecule has 0 atom stereocenters. The van der Waals surface area contributed by atoms with Crippen LogP contribution in [0.4, 0.5) is 0 Å². The van der Waals surface area contributed by atoms with Gasteiger partial charge in [-0.2, -0.15) is 0 Å². The molecule has 62 valence electrons. The first-order chi connectivity index (χ1) is 5.81. The van der Waals surface area contributed by atoms with Crippen LogP contribution < -0.4 is 0 Å². The highest BCUT2D eigenvalue weighted by Crippen LogP contribution is 2.12. The Morgan fingerprint density at radius 2 is 2.25 bits per heavy atom. The molecule has 0 unspecified atom stereocenters. The van der Waals surface area contributed by atoms with E-state index in [2.05, 4.69) is 15.2 Å². The molecular weight excluding hydrogens is 172 g/mol. The van der Waals surface area contributed by atoms with Gasteiger partial charge in [0.05, 0.1) is 0 Å². The number of aryl methyl sites for hydroxylation is 1. The Bertz CT molecular complexity index is 409. The Morgan fingerprint density at radius 3 is 3.00 bits per heavy atom. The normalized spacial score (nSPS) is 10.8. The third kappa shape index (κ3) is 1.06. The van der Waals surface area contributed by atoms with Gasteiger partial charge in [0.2, 0.25) is 0 Å². The van der Waals surface area contributed by atoms with E-state index in [1.165, 1.54) is 0 Å². The Hall–Kier alpha value is -1.10. The van der Waals surface area contributed by atoms with Gasteiger partial charge in [-0.1, -0.05) is 11.8 Å². The summed E-state index contributed by atoms with van der Waals surface area (Å²) in [7, 11) is 0. The molecule has 0 fully saturated rings. The van der Waals surface area contributed by atoms with Gasteiger partial charge in [-0.05, 0) is 18.7 Å². The van der Waals surface area contributed by atoms with E-state index in [-0.39, 0.29) is 0 Å². The van der Waals surface area contributed by atoms with Crippen molar-refractivity contribution in [2.75, 3.05) is 6.26 Å². The van der Waals surface area contributed by atoms with Crippen molar-refractivity contribution in [3.63, 3.8) is 0 Å². The smallest absolute Gasteiger partial charge is 0.255 e. The highest BCUT2D eigenvalue weighted by atomic mass is 32.2. The highest BCUT2D eigenvalue weighted by Gasteiger charge is 2.03. The lowest BCUT2D eigenvalue weighted by molar-refractivity contribution is 0.916. The molecule has 0 spiro atoms. The van der Waals surface area contributed by atoms with Crippen LogP contribution in [-0.4, -0.2) is 25.8 Å². The fraction of sp³-hybridized carbons (Fsp3) is 0.286. The number of hydrogen-bond donors (Lipinski definition) is 0. The molecule has 5 heteroatoms. The van der Waals surface area contributed by atoms with Crippen LogP contribution in [0, 0.1) is 6.92 Å². The summed E-state index contributed by atoms with van der Waals surface area (Å²) in [5, 5.41) is 8.76. The Labute approximate surface area is 74.0 Å². The second-order valence-electron chi connectivity index (χ2n) is 2.49. The average molecular weight is 180 g/mol. The molecule has 2 aromatic heterocycles. The first-order valence-corrected chi connectivity index (χ1v) is 4.75. The maximum Gasteiger partial charge on any atom is 0.255 e. The third-order valence-electron chi connectivity index (χ3n) is 1.55. The molecule has 4 nitrogen and oxygen atoms in total. The van der Waals surface area contributed by atoms with Crippen molar-refractivity contribution in [1.29, 1.82) is 0 Å². The van der Waals surface area contributed by atoms with Crippen LogP contribution in [0.1, 0.15) is 5.56 Å². The predicted octanol–water partition coefficient (Wildman–Crippen LogP) is 1.15. The van der Waals surface area contributed by atoms with E-state index < -0.39 is 0 Å². The minimum Gasteiger partial charge on any atom is -0.261 e. The van der Waals surface area contributed by atoms with Crippen molar-refractivity contribution in [3.8, 4) is 0 Å². The van der Waals surface area contributed by atoms with Crippen molar-refractivity contribution < 1.29 is 0 Å². The molecule has 0 amide bonds. The van der Waals surface area contributed by atoms with E-state index in [1.54, 1.807) is 18.0 Å². The Kier molecular flexibility index (Phi) is 1.73. The van der Waals surface area contributed by atoms with Gasteiger partial charge in [0, 0.05) is 12.4 Å². The molecular formula is C7H8N4S. The molecule has 12 heavy (non-hydrogen) atoms. The number of nitrogens with zero attached hydrogens (tertiary/aromatic N) is 4. The zero-order valence-corrected chi connectivity index (χ0v) is 7.67. The first kappa shape index (κ1) is 7.54. The molecule has 0 saturated heterocycles. The molecule has 0 aromatic carbocycles. The molecule has 0 radical (unpaired) electrons. The van der Waals surface area contributed by atoms with Gasteiger partial charge in [0.1, 0.15) is 0 Å². The predicted molar refractivity (Wildman–Crippen MR) is 47.3 cm³/mol. The van der Waals surface area contributed by atoms with Gasteiger partial charge in [-0.3, -0.25) is 4.40 Å². The molecule has 0 N–H and O–H groups in total. The summed E-state index contributed by atoms with van der Waals surface area (Å²) in [6, 6.07) is 0. The SMILES string of the molecule is CSc1nnc2ncc(C)cn12. The van der Waals surface area contributed by atoms with Crippen LogP contribution in [0.5, 0.6) is 0 Å². The van der Waals surface area contributed by atoms with E-state index in [4.69, 9.17) is 0 Å². The lowest BCUT2D eigenvalue weighted by Gasteiger charge is -1.95. The fourth-order valence-electron chi connectivity index (χ4n) is 1.01. The fourth-order valence-corrected chi connectivity index (χ4v) is 1.46. The van der Waals surface area contributed by atoms with Gasteiger partial charge in [0.15, 0.2) is 5.16 Å². The zero-order valence-electron chi connectivity index (χ0n) is 6.85. The maximum absolute atomic E-state index is 4.13. The molecule has 0 saturated carbocycles.